The molecule has 0 aliphatic heterocycles. The predicted molar refractivity (Wildman–Crippen MR) is 106 cm³/mol. The summed E-state index contributed by atoms with van der Waals surface area (Å²) in [4.78, 5) is 12.3. The van der Waals surface area contributed by atoms with E-state index in [4.69, 9.17) is 0 Å². The molecule has 0 aromatic heterocycles. The highest BCUT2D eigenvalue weighted by molar-refractivity contribution is 7.88. The van der Waals surface area contributed by atoms with Crippen LogP contribution >= 0.6 is 0 Å². The van der Waals surface area contributed by atoms with Crippen LogP contribution in [0.2, 0.25) is 0 Å². The first-order valence-corrected chi connectivity index (χ1v) is 10.4. The van der Waals surface area contributed by atoms with E-state index in [9.17, 15) is 13.2 Å². The fourth-order valence-corrected chi connectivity index (χ4v) is 3.63. The van der Waals surface area contributed by atoms with E-state index in [0.717, 1.165) is 27.9 Å². The van der Waals surface area contributed by atoms with Crippen molar-refractivity contribution in [2.45, 2.75) is 33.7 Å². The van der Waals surface area contributed by atoms with Crippen LogP contribution in [0.4, 0.5) is 5.69 Å². The molecule has 0 atom stereocenters. The lowest BCUT2D eigenvalue weighted by Crippen LogP contribution is -2.32. The van der Waals surface area contributed by atoms with Crippen LogP contribution in [0, 0.1) is 20.8 Å². The van der Waals surface area contributed by atoms with Crippen molar-refractivity contribution < 1.29 is 13.2 Å². The molecule has 1 amide bonds. The fourth-order valence-electron chi connectivity index (χ4n) is 2.84. The Morgan fingerprint density at radius 3 is 2.23 bits per heavy atom. The molecule has 6 heteroatoms. The van der Waals surface area contributed by atoms with Crippen LogP contribution in [0.5, 0.6) is 0 Å². The SMILES string of the molecule is Cc1cc(C)cc(NC(=O)CCN(Cc2ccccc2C)S(C)(=O)=O)c1. The zero-order valence-corrected chi connectivity index (χ0v) is 16.6. The van der Waals surface area contributed by atoms with Gasteiger partial charge in [0.1, 0.15) is 0 Å². The molecule has 0 unspecified atom stereocenters. The van der Waals surface area contributed by atoms with Gasteiger partial charge in [-0.25, -0.2) is 8.42 Å². The van der Waals surface area contributed by atoms with Gasteiger partial charge in [-0.2, -0.15) is 4.31 Å². The molecule has 2 rings (SSSR count). The molecule has 0 heterocycles. The number of carbonyl (C=O) groups is 1. The molecule has 140 valence electrons. The zero-order valence-electron chi connectivity index (χ0n) is 15.7. The number of carbonyl (C=O) groups excluding carboxylic acids is 1. The molecule has 0 radical (unpaired) electrons. The summed E-state index contributed by atoms with van der Waals surface area (Å²) in [6.45, 7) is 6.29. The molecule has 0 saturated carbocycles. The van der Waals surface area contributed by atoms with Gasteiger partial charge in [0.25, 0.3) is 0 Å². The summed E-state index contributed by atoms with van der Waals surface area (Å²) in [6, 6.07) is 13.5. The van der Waals surface area contributed by atoms with Gasteiger partial charge in [-0.1, -0.05) is 30.3 Å². The quantitative estimate of drug-likeness (QED) is 0.808. The van der Waals surface area contributed by atoms with Crippen LogP contribution in [-0.2, 0) is 21.4 Å². The van der Waals surface area contributed by atoms with Crippen LogP contribution in [0.1, 0.15) is 28.7 Å². The monoisotopic (exact) mass is 374 g/mol. The highest BCUT2D eigenvalue weighted by Crippen LogP contribution is 2.16. The van der Waals surface area contributed by atoms with Gasteiger partial charge in [-0.05, 0) is 55.2 Å². The molecule has 0 saturated heterocycles. The second-order valence-electron chi connectivity index (χ2n) is 6.70. The lowest BCUT2D eigenvalue weighted by Gasteiger charge is -2.21. The van der Waals surface area contributed by atoms with Crippen LogP contribution in [0.25, 0.3) is 0 Å². The summed E-state index contributed by atoms with van der Waals surface area (Å²) < 4.78 is 25.5. The van der Waals surface area contributed by atoms with Crippen molar-refractivity contribution in [2.75, 3.05) is 18.1 Å². The molecule has 2 aromatic rings. The Labute approximate surface area is 156 Å². The van der Waals surface area contributed by atoms with Crippen molar-refractivity contribution in [3.63, 3.8) is 0 Å². The fraction of sp³-hybridized carbons (Fsp3) is 0.350. The van der Waals surface area contributed by atoms with Gasteiger partial charge in [0.15, 0.2) is 0 Å². The topological polar surface area (TPSA) is 66.5 Å². The third-order valence-electron chi connectivity index (χ3n) is 4.17. The van der Waals surface area contributed by atoms with Crippen LogP contribution in [0.15, 0.2) is 42.5 Å². The number of amides is 1. The number of aryl methyl sites for hydroxylation is 3. The molecule has 0 aliphatic rings. The van der Waals surface area contributed by atoms with Crippen molar-refractivity contribution in [1.82, 2.24) is 4.31 Å². The lowest BCUT2D eigenvalue weighted by atomic mass is 10.1. The summed E-state index contributed by atoms with van der Waals surface area (Å²) >= 11 is 0. The summed E-state index contributed by atoms with van der Waals surface area (Å²) in [5.41, 5.74) is 4.83. The zero-order chi connectivity index (χ0) is 19.3. The summed E-state index contributed by atoms with van der Waals surface area (Å²) in [7, 11) is -3.41. The first-order chi connectivity index (χ1) is 12.1. The van der Waals surface area contributed by atoms with E-state index in [1.165, 1.54) is 10.6 Å². The summed E-state index contributed by atoms with van der Waals surface area (Å²) in [5.74, 6) is -0.201. The maximum absolute atomic E-state index is 12.3. The van der Waals surface area contributed by atoms with Gasteiger partial charge in [0.2, 0.25) is 15.9 Å². The van der Waals surface area contributed by atoms with Crippen molar-refractivity contribution in [2.24, 2.45) is 0 Å². The van der Waals surface area contributed by atoms with E-state index in [1.54, 1.807) is 0 Å². The highest BCUT2D eigenvalue weighted by atomic mass is 32.2. The smallest absolute Gasteiger partial charge is 0.225 e. The normalized spacial score (nSPS) is 11.6. The minimum absolute atomic E-state index is 0.103. The van der Waals surface area contributed by atoms with Crippen molar-refractivity contribution in [3.05, 3.63) is 64.7 Å². The third-order valence-corrected chi connectivity index (χ3v) is 5.42. The van der Waals surface area contributed by atoms with Crippen LogP contribution < -0.4 is 5.32 Å². The largest absolute Gasteiger partial charge is 0.326 e. The predicted octanol–water partition coefficient (Wildman–Crippen LogP) is 3.40. The number of anilines is 1. The highest BCUT2D eigenvalue weighted by Gasteiger charge is 2.19. The Hall–Kier alpha value is -2.18. The first-order valence-electron chi connectivity index (χ1n) is 8.53. The molecule has 0 aliphatic carbocycles. The Kier molecular flexibility index (Phi) is 6.56. The van der Waals surface area contributed by atoms with Gasteiger partial charge in [0, 0.05) is 25.2 Å². The second kappa shape index (κ2) is 8.47. The van der Waals surface area contributed by atoms with E-state index in [0.29, 0.717) is 0 Å². The van der Waals surface area contributed by atoms with E-state index in [2.05, 4.69) is 5.32 Å². The molecular weight excluding hydrogens is 348 g/mol. The average Bonchev–Trinajstić information content (AvgIpc) is 2.50. The minimum Gasteiger partial charge on any atom is -0.326 e. The summed E-state index contributed by atoms with van der Waals surface area (Å²) in [6.07, 6.45) is 1.28. The Balaban J connectivity index is 2.03. The Morgan fingerprint density at radius 1 is 1.04 bits per heavy atom. The van der Waals surface area contributed by atoms with E-state index in [1.807, 2.05) is 63.2 Å². The lowest BCUT2D eigenvalue weighted by molar-refractivity contribution is -0.116. The number of benzene rings is 2. The Morgan fingerprint density at radius 2 is 1.65 bits per heavy atom. The molecule has 0 fully saturated rings. The van der Waals surface area contributed by atoms with Crippen molar-refractivity contribution in [1.29, 1.82) is 0 Å². The minimum atomic E-state index is -3.41. The van der Waals surface area contributed by atoms with Gasteiger partial charge in [0.05, 0.1) is 6.26 Å². The van der Waals surface area contributed by atoms with E-state index in [-0.39, 0.29) is 25.4 Å². The number of nitrogens with zero attached hydrogens (tertiary/aromatic N) is 1. The van der Waals surface area contributed by atoms with Crippen molar-refractivity contribution >= 4 is 21.6 Å². The summed E-state index contributed by atoms with van der Waals surface area (Å²) in [5, 5.41) is 2.85. The van der Waals surface area contributed by atoms with E-state index >= 15 is 0 Å². The number of nitrogens with one attached hydrogen (secondary N) is 1. The Bertz CT molecular complexity index is 871. The van der Waals surface area contributed by atoms with Crippen molar-refractivity contribution in [3.8, 4) is 0 Å². The van der Waals surface area contributed by atoms with Crippen LogP contribution in [-0.4, -0.2) is 31.4 Å². The van der Waals surface area contributed by atoms with E-state index < -0.39 is 10.0 Å². The molecule has 0 spiro atoms. The molecule has 5 nitrogen and oxygen atoms in total. The number of hydrogen-bond acceptors (Lipinski definition) is 3. The molecule has 2 aromatic carbocycles. The maximum Gasteiger partial charge on any atom is 0.225 e. The third kappa shape index (κ3) is 5.97. The van der Waals surface area contributed by atoms with Gasteiger partial charge >= 0.3 is 0 Å². The average molecular weight is 375 g/mol. The number of rotatable bonds is 7. The molecule has 0 bridgehead atoms. The number of hydrogen-bond donors (Lipinski definition) is 1. The maximum atomic E-state index is 12.3. The second-order valence-corrected chi connectivity index (χ2v) is 8.68. The van der Waals surface area contributed by atoms with Gasteiger partial charge in [-0.3, -0.25) is 4.79 Å². The van der Waals surface area contributed by atoms with Gasteiger partial charge < -0.3 is 5.32 Å². The standard InChI is InChI=1S/C20H26N2O3S/c1-15-11-16(2)13-19(12-15)21-20(23)9-10-22(26(4,24)25)14-18-8-6-5-7-17(18)3/h5-8,11-13H,9-10,14H2,1-4H3,(H,21,23). The van der Waals surface area contributed by atoms with Gasteiger partial charge in [-0.15, -0.1) is 0 Å². The first kappa shape index (κ1) is 20.1. The van der Waals surface area contributed by atoms with Crippen LogP contribution in [0.3, 0.4) is 0 Å². The molecular formula is C20H26N2O3S. The molecule has 26 heavy (non-hydrogen) atoms. The number of sulfonamides is 1. The molecule has 1 N–H and O–H groups in total.